The third kappa shape index (κ3) is 18.7. The summed E-state index contributed by atoms with van der Waals surface area (Å²) in [6.45, 7) is -7.77. The lowest BCUT2D eigenvalue weighted by Crippen LogP contribution is -2.70. The highest BCUT2D eigenvalue weighted by molar-refractivity contribution is 5.73. The molecule has 0 radical (unpaired) electrons. The van der Waals surface area contributed by atoms with Crippen LogP contribution < -0.4 is 10.6 Å². The van der Waals surface area contributed by atoms with E-state index in [1.165, 1.54) is 0 Å². The molecule has 9 saturated heterocycles. The second kappa shape index (κ2) is 37.9. The maximum Gasteiger partial charge on any atom is 0.217 e. The summed E-state index contributed by atoms with van der Waals surface area (Å²) < 4.78 is 98.9. The summed E-state index contributed by atoms with van der Waals surface area (Å²) >= 11 is 0. The molecule has 0 aromatic carbocycles. The van der Waals surface area contributed by atoms with E-state index in [9.17, 15) is 147 Å². The van der Waals surface area contributed by atoms with E-state index in [0.29, 0.717) is 0 Å². The quantitative estimate of drug-likeness (QED) is 0.0363. The number of nitrogens with one attached hydrogen (secondary N) is 2. The highest BCUT2D eigenvalue weighted by Gasteiger charge is 2.60. The highest BCUT2D eigenvalue weighted by Crippen LogP contribution is 2.39. The zero-order valence-corrected chi connectivity index (χ0v) is 56.2. The zero-order valence-electron chi connectivity index (χ0n) is 56.2. The van der Waals surface area contributed by atoms with Crippen LogP contribution in [0.4, 0.5) is 0 Å². The molecular formula is C58H98N2O46. The van der Waals surface area contributed by atoms with E-state index >= 15 is 0 Å². The van der Waals surface area contributed by atoms with Crippen molar-refractivity contribution < 1.29 is 228 Å². The van der Waals surface area contributed by atoms with Crippen LogP contribution in [0.2, 0.25) is 0 Å². The van der Waals surface area contributed by atoms with Crippen LogP contribution in [0.1, 0.15) is 13.8 Å². The first-order valence-electron chi connectivity index (χ1n) is 33.7. The summed E-state index contributed by atoms with van der Waals surface area (Å²) in [7, 11) is 0. The molecule has 616 valence electrons. The van der Waals surface area contributed by atoms with Gasteiger partial charge < -0.3 is 229 Å². The molecule has 29 N–H and O–H groups in total. The third-order valence-corrected chi connectivity index (χ3v) is 19.5. The molecule has 0 aliphatic carbocycles. The largest absolute Gasteiger partial charge is 0.394 e. The van der Waals surface area contributed by atoms with Gasteiger partial charge in [0.1, 0.15) is 220 Å². The minimum atomic E-state index is -2.55. The van der Waals surface area contributed by atoms with Crippen LogP contribution in [-0.2, 0) is 90.1 Å². The molecule has 0 aromatic rings. The van der Waals surface area contributed by atoms with Gasteiger partial charge in [-0.15, -0.1) is 0 Å². The monoisotopic (exact) mass is 1560 g/mol. The van der Waals surface area contributed by atoms with Crippen LogP contribution in [0.5, 0.6) is 0 Å². The predicted octanol–water partition coefficient (Wildman–Crippen LogP) is -20.3. The molecule has 9 heterocycles. The van der Waals surface area contributed by atoms with Gasteiger partial charge in [-0.05, 0) is 0 Å². The Balaban J connectivity index is 1.06. The number of carbonyl (C=O) groups is 2. The fraction of sp³-hybridized carbons (Fsp3) is 0.966. The fourth-order valence-corrected chi connectivity index (χ4v) is 13.5. The number of carbonyl (C=O) groups excluding carboxylic acids is 2. The van der Waals surface area contributed by atoms with E-state index in [1.807, 2.05) is 0 Å². The molecule has 2 amide bonds. The van der Waals surface area contributed by atoms with Crippen LogP contribution >= 0.6 is 0 Å². The van der Waals surface area contributed by atoms with Gasteiger partial charge in [-0.2, -0.15) is 0 Å². The van der Waals surface area contributed by atoms with Crippen molar-refractivity contribution in [3.63, 3.8) is 0 Å². The van der Waals surface area contributed by atoms with Gasteiger partial charge in [0.25, 0.3) is 0 Å². The molecule has 0 spiro atoms. The van der Waals surface area contributed by atoms with Crippen molar-refractivity contribution in [2.45, 2.75) is 290 Å². The first kappa shape index (κ1) is 87.2. The molecule has 9 aliphatic rings. The van der Waals surface area contributed by atoms with Crippen molar-refractivity contribution in [3.8, 4) is 0 Å². The maximum atomic E-state index is 12.9. The summed E-state index contributed by atoms with van der Waals surface area (Å²) in [5.74, 6) is -1.72. The SMILES string of the molecule is CC(=O)N[C@@H]1[C@@H](O)[C@H](O[C@@H]2O[C@H](CO)[C@@H](O[C@H]3O[C@H](CO[C@H]4O[C@H](CO[C@H]5O[C@H](CO)[C@@H](O)[C@H](O)[C@@H]5O)[C@@H](O)[C@H](O[C@H]5O[C@H](CO)[C@@H](O)[C@H](O)[C@@H]5O[C@H]5O[C@H](CO)[C@@H](O)[C@H](O)[C@@H]5O)[C@@H]4O)[C@@H](O)[C@H](O[C@H]4O[C@H](CO)[C@@H](O)[C@H](O)[C@@H]4O[C@H]4O[C@H](CO)[C@@H](O)[C@H](O)[C@@H]4O)[C@@H]3O)[C@H](O)[C@H]2NC(C)=O)[C@@H](CO)O[C@H]1O. The summed E-state index contributed by atoms with van der Waals surface area (Å²) in [6.07, 6.45) is -90.8. The molecule has 9 fully saturated rings. The first-order valence-corrected chi connectivity index (χ1v) is 33.7. The smallest absolute Gasteiger partial charge is 0.217 e. The van der Waals surface area contributed by atoms with Crippen LogP contribution in [0.3, 0.4) is 0 Å². The zero-order chi connectivity index (χ0) is 77.9. The van der Waals surface area contributed by atoms with Crippen molar-refractivity contribution in [1.29, 1.82) is 0 Å². The lowest BCUT2D eigenvalue weighted by molar-refractivity contribution is -0.401. The summed E-state index contributed by atoms with van der Waals surface area (Å²) in [5.41, 5.74) is 0. The molecule has 9 aliphatic heterocycles. The third-order valence-electron chi connectivity index (χ3n) is 19.5. The average Bonchev–Trinajstić information content (AvgIpc) is 0.763. The van der Waals surface area contributed by atoms with Gasteiger partial charge in [0.15, 0.2) is 56.6 Å². The van der Waals surface area contributed by atoms with Crippen LogP contribution in [0.15, 0.2) is 0 Å². The number of rotatable bonds is 27. The molecule has 0 bridgehead atoms. The molecule has 45 atom stereocenters. The lowest BCUT2D eigenvalue weighted by Gasteiger charge is -2.51. The second-order valence-corrected chi connectivity index (χ2v) is 26.7. The maximum absolute atomic E-state index is 12.9. The van der Waals surface area contributed by atoms with E-state index in [4.69, 9.17) is 80.5 Å². The Bertz CT molecular complexity index is 2710. The molecule has 0 aromatic heterocycles. The molecule has 0 unspecified atom stereocenters. The van der Waals surface area contributed by atoms with E-state index in [0.717, 1.165) is 13.8 Å². The Labute approximate surface area is 598 Å². The Morgan fingerprint density at radius 2 is 0.509 bits per heavy atom. The van der Waals surface area contributed by atoms with Crippen molar-refractivity contribution in [2.24, 2.45) is 0 Å². The fourth-order valence-electron chi connectivity index (χ4n) is 13.5. The summed E-state index contributed by atoms with van der Waals surface area (Å²) in [6, 6.07) is -3.56. The van der Waals surface area contributed by atoms with Gasteiger partial charge in [0, 0.05) is 13.8 Å². The molecular weight excluding hydrogens is 1460 g/mol. The normalized spacial score (nSPS) is 51.2. The standard InChI is InChI=1S/C58H98N2O46/c1-12(68)59-23-32(77)44(19(8-66)92-50(23)89)101-51-24(60-13(2)69)33(78)45(20(9-67)98-51)102-56-43(88)47(104-58-49(38(83)29(74)18(7-65)97-58)106-55-41(86)36(81)27(72)16(5-63)95-55)31(76)22(100-56)11-91-53-42(87)46(30(75)21(99-53)10-90-52-39(84)34(79)25(70)14(3-61)93-52)103-57-48(37(82)28(73)17(6-64)96-57)105-54-40(85)35(80)26(71)15(4-62)94-54/h14-58,61-67,70-89H,3-11H2,1-2H3,(H,59,68)(H,60,69)/t14-,15-,16-,17-,18-,19-,20-,21-,22-,23-,24-,25-,26-,27-,28-,29-,30-,31-,32-,33-,34+,35+,36+,37+,38+,39+,40+,41+,42+,43+,44-,45-,46+,47+,48+,49+,50-,51+,52+,53+,54-,55-,56-,57-,58-/m1/s1. The number of aliphatic hydroxyl groups is 27. The summed E-state index contributed by atoms with van der Waals surface area (Å²) in [4.78, 5) is 25.0. The number of hydrogen-bond acceptors (Lipinski definition) is 46. The number of amides is 2. The van der Waals surface area contributed by atoms with Gasteiger partial charge in [0.2, 0.25) is 11.8 Å². The van der Waals surface area contributed by atoms with Crippen molar-refractivity contribution in [2.75, 3.05) is 59.5 Å². The molecule has 106 heavy (non-hydrogen) atoms. The number of ether oxygens (including phenoxy) is 17. The first-order chi connectivity index (χ1) is 50.2. The summed E-state index contributed by atoms with van der Waals surface area (Å²) in [5, 5.41) is 301. The number of aliphatic hydroxyl groups excluding tert-OH is 27. The van der Waals surface area contributed by atoms with E-state index < -0.39 is 348 Å². The molecule has 48 nitrogen and oxygen atoms in total. The average molecular weight is 1560 g/mol. The van der Waals surface area contributed by atoms with E-state index in [1.54, 1.807) is 0 Å². The van der Waals surface area contributed by atoms with Crippen LogP contribution in [0.25, 0.3) is 0 Å². The highest BCUT2D eigenvalue weighted by atomic mass is 16.8. The van der Waals surface area contributed by atoms with Gasteiger partial charge >= 0.3 is 0 Å². The Kier molecular flexibility index (Phi) is 31.1. The van der Waals surface area contributed by atoms with Crippen LogP contribution in [0, 0.1) is 0 Å². The van der Waals surface area contributed by atoms with Gasteiger partial charge in [-0.1, -0.05) is 0 Å². The Hall–Kier alpha value is -2.82. The van der Waals surface area contributed by atoms with Crippen LogP contribution in [-0.4, -0.2) is 485 Å². The van der Waals surface area contributed by atoms with Gasteiger partial charge in [-0.3, -0.25) is 9.59 Å². The minimum Gasteiger partial charge on any atom is -0.394 e. The molecule has 0 saturated carbocycles. The van der Waals surface area contributed by atoms with Crippen molar-refractivity contribution in [3.05, 3.63) is 0 Å². The Morgan fingerprint density at radius 1 is 0.245 bits per heavy atom. The molecule has 48 heteroatoms. The lowest BCUT2D eigenvalue weighted by atomic mass is 9.94. The predicted molar refractivity (Wildman–Crippen MR) is 320 cm³/mol. The topological polar surface area (TPSA) is 761 Å². The Morgan fingerprint density at radius 3 is 0.906 bits per heavy atom. The van der Waals surface area contributed by atoms with E-state index in [-0.39, 0.29) is 0 Å². The van der Waals surface area contributed by atoms with Crippen molar-refractivity contribution in [1.82, 2.24) is 10.6 Å². The van der Waals surface area contributed by atoms with Gasteiger partial charge in [-0.25, -0.2) is 0 Å². The number of hydrogen-bond donors (Lipinski definition) is 29. The minimum absolute atomic E-state index is 0.785. The van der Waals surface area contributed by atoms with E-state index in [2.05, 4.69) is 10.6 Å². The van der Waals surface area contributed by atoms with Gasteiger partial charge in [0.05, 0.1) is 59.5 Å². The molecule has 9 rings (SSSR count). The van der Waals surface area contributed by atoms with Crippen molar-refractivity contribution >= 4 is 11.8 Å². The second-order valence-electron chi connectivity index (χ2n) is 26.7.